The molecule has 2 saturated heterocycles. The SMILES string of the molecule is ClCCCOc1ccc(CN2CC[C@@H]3OCCC[C@H]3C2)cc1. The van der Waals surface area contributed by atoms with E-state index in [0.29, 0.717) is 18.6 Å². The molecule has 2 fully saturated rings. The van der Waals surface area contributed by atoms with Crippen molar-refractivity contribution in [3.05, 3.63) is 29.8 Å². The number of ether oxygens (including phenoxy) is 2. The van der Waals surface area contributed by atoms with E-state index in [1.165, 1.54) is 31.4 Å². The summed E-state index contributed by atoms with van der Waals surface area (Å²) in [6.45, 7) is 5.02. The molecule has 0 saturated carbocycles. The molecule has 0 radical (unpaired) electrons. The minimum atomic E-state index is 0.516. The molecule has 1 aromatic carbocycles. The Morgan fingerprint density at radius 2 is 2.09 bits per heavy atom. The van der Waals surface area contributed by atoms with E-state index in [2.05, 4.69) is 29.2 Å². The molecule has 0 aliphatic carbocycles. The van der Waals surface area contributed by atoms with Gasteiger partial charge < -0.3 is 9.47 Å². The van der Waals surface area contributed by atoms with Crippen molar-refractivity contribution in [2.24, 2.45) is 5.92 Å². The molecule has 0 unspecified atom stereocenters. The largest absolute Gasteiger partial charge is 0.494 e. The molecule has 0 bridgehead atoms. The first-order chi connectivity index (χ1) is 10.8. The summed E-state index contributed by atoms with van der Waals surface area (Å²) in [7, 11) is 0. The van der Waals surface area contributed by atoms with Gasteiger partial charge in [0.1, 0.15) is 5.75 Å². The molecule has 0 N–H and O–H groups in total. The van der Waals surface area contributed by atoms with Crippen LogP contribution in [-0.4, -0.2) is 43.2 Å². The zero-order chi connectivity index (χ0) is 15.2. The average Bonchev–Trinajstić information content (AvgIpc) is 2.57. The minimum Gasteiger partial charge on any atom is -0.494 e. The molecule has 2 atom stereocenters. The molecule has 0 spiro atoms. The van der Waals surface area contributed by atoms with Gasteiger partial charge in [0.25, 0.3) is 0 Å². The molecule has 2 aliphatic rings. The molecular formula is C18H26ClNO2. The Morgan fingerprint density at radius 1 is 1.23 bits per heavy atom. The van der Waals surface area contributed by atoms with Gasteiger partial charge in [-0.25, -0.2) is 0 Å². The predicted molar refractivity (Wildman–Crippen MR) is 89.6 cm³/mol. The van der Waals surface area contributed by atoms with Crippen molar-refractivity contribution < 1.29 is 9.47 Å². The van der Waals surface area contributed by atoms with Crippen LogP contribution in [0.25, 0.3) is 0 Å². The van der Waals surface area contributed by atoms with Gasteiger partial charge in [-0.3, -0.25) is 4.90 Å². The van der Waals surface area contributed by atoms with Crippen molar-refractivity contribution in [3.8, 4) is 5.75 Å². The zero-order valence-corrected chi connectivity index (χ0v) is 13.9. The highest BCUT2D eigenvalue weighted by atomic mass is 35.5. The van der Waals surface area contributed by atoms with Crippen molar-refractivity contribution in [1.82, 2.24) is 4.90 Å². The molecule has 2 aliphatic heterocycles. The van der Waals surface area contributed by atoms with Crippen LogP contribution < -0.4 is 4.74 Å². The monoisotopic (exact) mass is 323 g/mol. The number of halogens is 1. The van der Waals surface area contributed by atoms with E-state index in [1.807, 2.05) is 0 Å². The number of piperidine rings is 1. The van der Waals surface area contributed by atoms with Crippen molar-refractivity contribution >= 4 is 11.6 Å². The lowest BCUT2D eigenvalue weighted by Crippen LogP contribution is -2.45. The highest BCUT2D eigenvalue weighted by Gasteiger charge is 2.31. The van der Waals surface area contributed by atoms with Crippen LogP contribution in [0.3, 0.4) is 0 Å². The zero-order valence-electron chi connectivity index (χ0n) is 13.2. The number of likely N-dealkylation sites (tertiary alicyclic amines) is 1. The van der Waals surface area contributed by atoms with E-state index >= 15 is 0 Å². The number of hydrogen-bond donors (Lipinski definition) is 0. The summed E-state index contributed by atoms with van der Waals surface area (Å²) >= 11 is 5.66. The van der Waals surface area contributed by atoms with E-state index in [0.717, 1.165) is 37.8 Å². The molecule has 3 rings (SSSR count). The topological polar surface area (TPSA) is 21.7 Å². The highest BCUT2D eigenvalue weighted by molar-refractivity contribution is 6.17. The second-order valence-corrected chi connectivity index (χ2v) is 6.75. The summed E-state index contributed by atoms with van der Waals surface area (Å²) in [5.41, 5.74) is 1.36. The van der Waals surface area contributed by atoms with Crippen LogP contribution in [0, 0.1) is 5.92 Å². The summed E-state index contributed by atoms with van der Waals surface area (Å²) in [4.78, 5) is 2.57. The third-order valence-electron chi connectivity index (χ3n) is 4.68. The number of hydrogen-bond acceptors (Lipinski definition) is 3. The Balaban J connectivity index is 1.48. The van der Waals surface area contributed by atoms with Crippen molar-refractivity contribution in [2.45, 2.75) is 38.3 Å². The third kappa shape index (κ3) is 4.37. The first-order valence-corrected chi connectivity index (χ1v) is 9.00. The second-order valence-electron chi connectivity index (χ2n) is 6.37. The molecular weight excluding hydrogens is 298 g/mol. The molecule has 1 aromatic rings. The van der Waals surface area contributed by atoms with Crippen LogP contribution in [-0.2, 0) is 11.3 Å². The molecule has 4 heteroatoms. The van der Waals surface area contributed by atoms with Gasteiger partial charge in [-0.2, -0.15) is 0 Å². The quantitative estimate of drug-likeness (QED) is 0.588. The van der Waals surface area contributed by atoms with Gasteiger partial charge in [-0.1, -0.05) is 12.1 Å². The van der Waals surface area contributed by atoms with Gasteiger partial charge in [0.15, 0.2) is 0 Å². The van der Waals surface area contributed by atoms with Gasteiger partial charge in [0.05, 0.1) is 12.7 Å². The van der Waals surface area contributed by atoms with Gasteiger partial charge >= 0.3 is 0 Å². The van der Waals surface area contributed by atoms with Gasteiger partial charge in [-0.05, 0) is 49.3 Å². The van der Waals surface area contributed by atoms with E-state index in [4.69, 9.17) is 21.1 Å². The maximum absolute atomic E-state index is 5.89. The first kappa shape index (κ1) is 16.1. The minimum absolute atomic E-state index is 0.516. The Labute approximate surface area is 138 Å². The van der Waals surface area contributed by atoms with E-state index < -0.39 is 0 Å². The Hall–Kier alpha value is -0.770. The lowest BCUT2D eigenvalue weighted by atomic mass is 9.88. The molecule has 0 amide bonds. The average molecular weight is 324 g/mol. The van der Waals surface area contributed by atoms with E-state index in [1.54, 1.807) is 0 Å². The number of nitrogens with zero attached hydrogens (tertiary/aromatic N) is 1. The molecule has 22 heavy (non-hydrogen) atoms. The molecule has 0 aromatic heterocycles. The van der Waals surface area contributed by atoms with Crippen LogP contribution in [0.1, 0.15) is 31.2 Å². The van der Waals surface area contributed by atoms with Crippen molar-refractivity contribution in [1.29, 1.82) is 0 Å². The third-order valence-corrected chi connectivity index (χ3v) is 4.94. The molecule has 3 nitrogen and oxygen atoms in total. The maximum Gasteiger partial charge on any atom is 0.119 e. The van der Waals surface area contributed by atoms with Crippen molar-refractivity contribution in [2.75, 3.05) is 32.2 Å². The van der Waals surface area contributed by atoms with Gasteiger partial charge in [-0.15, -0.1) is 11.6 Å². The van der Waals surface area contributed by atoms with Gasteiger partial charge in [0.2, 0.25) is 0 Å². The standard InChI is InChI=1S/C18H26ClNO2/c19-9-2-12-21-17-6-4-15(5-7-17)13-20-10-8-18-16(14-20)3-1-11-22-18/h4-7,16,18H,1-3,8-14H2/t16-,18-/m0/s1. The lowest BCUT2D eigenvalue weighted by Gasteiger charge is -2.41. The fourth-order valence-electron chi connectivity index (χ4n) is 3.50. The lowest BCUT2D eigenvalue weighted by molar-refractivity contribution is -0.0676. The predicted octanol–water partition coefficient (Wildman–Crippen LogP) is 3.70. The normalized spacial score (nSPS) is 25.7. The summed E-state index contributed by atoms with van der Waals surface area (Å²) < 4.78 is 11.5. The fraction of sp³-hybridized carbons (Fsp3) is 0.667. The number of rotatable bonds is 6. The second kappa shape index (κ2) is 8.19. The van der Waals surface area contributed by atoms with Gasteiger partial charge in [0, 0.05) is 32.1 Å². The number of alkyl halides is 1. The smallest absolute Gasteiger partial charge is 0.119 e. The number of fused-ring (bicyclic) bond motifs is 1. The van der Waals surface area contributed by atoms with Crippen LogP contribution in [0.2, 0.25) is 0 Å². The number of benzene rings is 1. The summed E-state index contributed by atoms with van der Waals surface area (Å²) in [5, 5.41) is 0. The summed E-state index contributed by atoms with van der Waals surface area (Å²) in [6.07, 6.45) is 5.15. The first-order valence-electron chi connectivity index (χ1n) is 8.47. The van der Waals surface area contributed by atoms with E-state index in [-0.39, 0.29) is 0 Å². The fourth-order valence-corrected chi connectivity index (χ4v) is 3.61. The summed E-state index contributed by atoms with van der Waals surface area (Å²) in [6, 6.07) is 8.50. The Bertz CT molecular complexity index is 451. The molecule has 122 valence electrons. The summed E-state index contributed by atoms with van der Waals surface area (Å²) in [5.74, 6) is 2.33. The Kier molecular flexibility index (Phi) is 5.99. The van der Waals surface area contributed by atoms with E-state index in [9.17, 15) is 0 Å². The maximum atomic E-state index is 5.89. The van der Waals surface area contributed by atoms with Crippen LogP contribution in [0.15, 0.2) is 24.3 Å². The highest BCUT2D eigenvalue weighted by Crippen LogP contribution is 2.29. The van der Waals surface area contributed by atoms with Crippen LogP contribution >= 0.6 is 11.6 Å². The van der Waals surface area contributed by atoms with Crippen LogP contribution in [0.5, 0.6) is 5.75 Å². The molecule has 2 heterocycles. The Morgan fingerprint density at radius 3 is 2.91 bits per heavy atom. The van der Waals surface area contributed by atoms with Crippen molar-refractivity contribution in [3.63, 3.8) is 0 Å². The van der Waals surface area contributed by atoms with Crippen LogP contribution in [0.4, 0.5) is 0 Å².